The Morgan fingerprint density at radius 2 is 1.81 bits per heavy atom. The second-order valence-corrected chi connectivity index (χ2v) is 9.67. The number of carbonyl (C=O) groups is 1. The summed E-state index contributed by atoms with van der Waals surface area (Å²) in [7, 11) is 4.71. The van der Waals surface area contributed by atoms with E-state index in [1.165, 1.54) is 11.3 Å². The van der Waals surface area contributed by atoms with Crippen LogP contribution in [0.2, 0.25) is 0 Å². The van der Waals surface area contributed by atoms with Crippen molar-refractivity contribution in [2.45, 2.75) is 19.9 Å². The van der Waals surface area contributed by atoms with E-state index in [0.29, 0.717) is 43.4 Å². The van der Waals surface area contributed by atoms with Gasteiger partial charge in [-0.3, -0.25) is 9.36 Å². The van der Waals surface area contributed by atoms with Crippen LogP contribution < -0.4 is 29.1 Å². The molecule has 0 N–H and O–H groups in total. The molecule has 2 heterocycles. The molecule has 0 radical (unpaired) electrons. The molecule has 1 atom stereocenters. The van der Waals surface area contributed by atoms with Gasteiger partial charge >= 0.3 is 5.97 Å². The summed E-state index contributed by atoms with van der Waals surface area (Å²) in [5.41, 5.74) is 1.99. The highest BCUT2D eigenvalue weighted by Gasteiger charge is 2.33. The molecule has 188 valence electrons. The third-order valence-electron chi connectivity index (χ3n) is 5.74. The Morgan fingerprint density at radius 1 is 1.11 bits per heavy atom. The number of hydrogen-bond donors (Lipinski definition) is 0. The predicted molar refractivity (Wildman–Crippen MR) is 141 cm³/mol. The van der Waals surface area contributed by atoms with Gasteiger partial charge in [-0.05, 0) is 59.6 Å². The third kappa shape index (κ3) is 4.70. The van der Waals surface area contributed by atoms with Crippen molar-refractivity contribution in [2.24, 2.45) is 4.99 Å². The summed E-state index contributed by atoms with van der Waals surface area (Å²) in [6.07, 6.45) is 1.75. The van der Waals surface area contributed by atoms with Crippen molar-refractivity contribution < 1.29 is 23.7 Å². The first-order valence-corrected chi connectivity index (χ1v) is 12.7. The van der Waals surface area contributed by atoms with E-state index in [9.17, 15) is 9.59 Å². The van der Waals surface area contributed by atoms with Crippen molar-refractivity contribution in [1.29, 1.82) is 0 Å². The third-order valence-corrected chi connectivity index (χ3v) is 7.34. The summed E-state index contributed by atoms with van der Waals surface area (Å²) in [5.74, 6) is 1.33. The van der Waals surface area contributed by atoms with Gasteiger partial charge in [0.05, 0.1) is 54.3 Å². The molecule has 1 aliphatic heterocycles. The van der Waals surface area contributed by atoms with Gasteiger partial charge in [0, 0.05) is 11.6 Å². The van der Waals surface area contributed by atoms with E-state index < -0.39 is 12.0 Å². The highest BCUT2D eigenvalue weighted by molar-refractivity contribution is 9.10. The molecular formula is C26H25BrN2O6S. The number of carbonyl (C=O) groups excluding carboxylic acids is 1. The Bertz CT molecular complexity index is 1520. The van der Waals surface area contributed by atoms with Crippen LogP contribution in [0.25, 0.3) is 6.08 Å². The molecular weight excluding hydrogens is 548 g/mol. The number of nitrogens with zero attached hydrogens (tertiary/aromatic N) is 2. The quantitative estimate of drug-likeness (QED) is 0.402. The molecule has 0 spiro atoms. The maximum absolute atomic E-state index is 13.8. The van der Waals surface area contributed by atoms with E-state index in [4.69, 9.17) is 18.9 Å². The number of ether oxygens (including phenoxy) is 4. The van der Waals surface area contributed by atoms with Crippen molar-refractivity contribution in [3.8, 4) is 17.2 Å². The summed E-state index contributed by atoms with van der Waals surface area (Å²) >= 11 is 4.73. The molecule has 0 unspecified atom stereocenters. The average molecular weight is 573 g/mol. The lowest BCUT2D eigenvalue weighted by Crippen LogP contribution is -2.39. The van der Waals surface area contributed by atoms with Crippen LogP contribution in [0.1, 0.15) is 31.0 Å². The van der Waals surface area contributed by atoms with Gasteiger partial charge in [0.1, 0.15) is 17.2 Å². The molecule has 3 aromatic rings. The van der Waals surface area contributed by atoms with Gasteiger partial charge in [-0.1, -0.05) is 23.5 Å². The van der Waals surface area contributed by atoms with Gasteiger partial charge in [-0.25, -0.2) is 9.79 Å². The fraction of sp³-hybridized carbons (Fsp3) is 0.269. The minimum atomic E-state index is -0.696. The molecule has 0 saturated carbocycles. The number of hydrogen-bond acceptors (Lipinski definition) is 8. The number of methoxy groups -OCH3 is 3. The maximum atomic E-state index is 13.8. The summed E-state index contributed by atoms with van der Waals surface area (Å²) in [6, 6.07) is 10.1. The smallest absolute Gasteiger partial charge is 0.338 e. The van der Waals surface area contributed by atoms with Crippen LogP contribution in [0.3, 0.4) is 0 Å². The number of thiazole rings is 1. The minimum absolute atomic E-state index is 0.210. The molecule has 10 heteroatoms. The van der Waals surface area contributed by atoms with Gasteiger partial charge in [0.15, 0.2) is 4.80 Å². The molecule has 4 rings (SSSR count). The van der Waals surface area contributed by atoms with Crippen LogP contribution in [-0.4, -0.2) is 38.5 Å². The zero-order valence-electron chi connectivity index (χ0n) is 20.5. The first-order valence-electron chi connectivity index (χ1n) is 11.1. The monoisotopic (exact) mass is 572 g/mol. The summed E-state index contributed by atoms with van der Waals surface area (Å²) < 4.78 is 24.2. The van der Waals surface area contributed by atoms with Gasteiger partial charge in [0.2, 0.25) is 0 Å². The van der Waals surface area contributed by atoms with E-state index in [1.807, 2.05) is 18.2 Å². The Hall–Kier alpha value is -3.37. The molecule has 36 heavy (non-hydrogen) atoms. The number of aromatic nitrogens is 1. The SMILES string of the molecule is CCOC(=O)C1=C(C)N=c2s/c(=C/c3cc(Br)c(OC)cc3OC)c(=O)n2[C@@H]1c1ccc(OC)cc1. The Labute approximate surface area is 220 Å². The van der Waals surface area contributed by atoms with E-state index in [0.717, 1.165) is 10.0 Å². The number of fused-ring (bicyclic) bond motifs is 1. The Kier molecular flexibility index (Phi) is 7.65. The first kappa shape index (κ1) is 25.7. The average Bonchev–Trinajstić information content (AvgIpc) is 3.17. The fourth-order valence-electron chi connectivity index (χ4n) is 4.03. The topological polar surface area (TPSA) is 88.4 Å². The van der Waals surface area contributed by atoms with Crippen LogP contribution in [0.5, 0.6) is 17.2 Å². The maximum Gasteiger partial charge on any atom is 0.338 e. The lowest BCUT2D eigenvalue weighted by molar-refractivity contribution is -0.139. The number of rotatable bonds is 7. The molecule has 1 aromatic heterocycles. The molecule has 0 saturated heterocycles. The number of halogens is 1. The van der Waals surface area contributed by atoms with Crippen molar-refractivity contribution >= 4 is 39.3 Å². The van der Waals surface area contributed by atoms with Gasteiger partial charge < -0.3 is 18.9 Å². The summed E-state index contributed by atoms with van der Waals surface area (Å²) in [6.45, 7) is 3.71. The van der Waals surface area contributed by atoms with Crippen molar-refractivity contribution in [1.82, 2.24) is 4.57 Å². The number of allylic oxidation sites excluding steroid dienone is 1. The Balaban J connectivity index is 1.95. The minimum Gasteiger partial charge on any atom is -0.497 e. The van der Waals surface area contributed by atoms with Crippen molar-refractivity contribution in [2.75, 3.05) is 27.9 Å². The normalized spacial score (nSPS) is 15.3. The molecule has 2 aromatic carbocycles. The summed E-state index contributed by atoms with van der Waals surface area (Å²) in [4.78, 5) is 31.9. The number of benzene rings is 2. The summed E-state index contributed by atoms with van der Waals surface area (Å²) in [5, 5.41) is 0. The van der Waals surface area contributed by atoms with Crippen LogP contribution in [-0.2, 0) is 9.53 Å². The molecule has 1 aliphatic rings. The van der Waals surface area contributed by atoms with Crippen molar-refractivity contribution in [3.63, 3.8) is 0 Å². The highest BCUT2D eigenvalue weighted by atomic mass is 79.9. The highest BCUT2D eigenvalue weighted by Crippen LogP contribution is 2.34. The molecule has 0 aliphatic carbocycles. The predicted octanol–water partition coefficient (Wildman–Crippen LogP) is 3.59. The van der Waals surface area contributed by atoms with Gasteiger partial charge in [-0.2, -0.15) is 0 Å². The van der Waals surface area contributed by atoms with Crippen LogP contribution in [0.15, 0.2) is 61.9 Å². The lowest BCUT2D eigenvalue weighted by Gasteiger charge is -2.24. The lowest BCUT2D eigenvalue weighted by atomic mass is 9.96. The zero-order valence-corrected chi connectivity index (χ0v) is 22.9. The van der Waals surface area contributed by atoms with Crippen molar-refractivity contribution in [3.05, 3.63) is 83.0 Å². The number of esters is 1. The Morgan fingerprint density at radius 3 is 2.42 bits per heavy atom. The van der Waals surface area contributed by atoms with Gasteiger partial charge in [-0.15, -0.1) is 0 Å². The second kappa shape index (κ2) is 10.7. The zero-order chi connectivity index (χ0) is 26.0. The van der Waals surface area contributed by atoms with Crippen LogP contribution in [0, 0.1) is 0 Å². The largest absolute Gasteiger partial charge is 0.497 e. The van der Waals surface area contributed by atoms with E-state index >= 15 is 0 Å². The fourth-order valence-corrected chi connectivity index (χ4v) is 5.59. The van der Waals surface area contributed by atoms with Gasteiger partial charge in [0.25, 0.3) is 5.56 Å². The molecule has 0 fully saturated rings. The van der Waals surface area contributed by atoms with Crippen LogP contribution >= 0.6 is 27.3 Å². The molecule has 0 amide bonds. The molecule has 8 nitrogen and oxygen atoms in total. The van der Waals surface area contributed by atoms with E-state index in [1.54, 1.807) is 64.0 Å². The standard InChI is InChI=1S/C26H25BrN2O6S/c1-6-35-25(31)22-14(2)28-26-29(23(22)15-7-9-17(32-3)10-8-15)24(30)21(36-26)12-16-11-18(27)20(34-5)13-19(16)33-4/h7-13,23H,6H2,1-5H3/b21-12+/t23-/m1/s1. The first-order chi connectivity index (χ1) is 17.3. The van der Waals surface area contributed by atoms with E-state index in [2.05, 4.69) is 20.9 Å². The second-order valence-electron chi connectivity index (χ2n) is 7.80. The van der Waals surface area contributed by atoms with Crippen LogP contribution in [0.4, 0.5) is 0 Å². The van der Waals surface area contributed by atoms with E-state index in [-0.39, 0.29) is 12.2 Å². The molecule has 0 bridgehead atoms.